The van der Waals surface area contributed by atoms with E-state index in [1.54, 1.807) is 24.3 Å². The van der Waals surface area contributed by atoms with Crippen molar-refractivity contribution in [1.82, 2.24) is 9.97 Å². The zero-order chi connectivity index (χ0) is 15.7. The van der Waals surface area contributed by atoms with Crippen molar-refractivity contribution < 1.29 is 4.39 Å². The number of hydrogen-bond donors (Lipinski definition) is 1. The lowest BCUT2D eigenvalue weighted by Gasteiger charge is -2.02. The van der Waals surface area contributed by atoms with Gasteiger partial charge in [-0.2, -0.15) is 0 Å². The van der Waals surface area contributed by atoms with Crippen molar-refractivity contribution >= 4 is 23.2 Å². The molecule has 3 aromatic rings. The third-order valence-corrected chi connectivity index (χ3v) is 3.95. The lowest BCUT2D eigenvalue weighted by Crippen LogP contribution is -1.91. The largest absolute Gasteiger partial charge is 0.345 e. The van der Waals surface area contributed by atoms with Gasteiger partial charge in [-0.1, -0.05) is 35.3 Å². The fourth-order valence-electron chi connectivity index (χ4n) is 2.35. The van der Waals surface area contributed by atoms with Crippen LogP contribution in [-0.2, 0) is 6.42 Å². The van der Waals surface area contributed by atoms with Crippen LogP contribution in [0.1, 0.15) is 17.1 Å². The Morgan fingerprint density at radius 1 is 1.09 bits per heavy atom. The van der Waals surface area contributed by atoms with Gasteiger partial charge >= 0.3 is 0 Å². The minimum Gasteiger partial charge on any atom is -0.345 e. The highest BCUT2D eigenvalue weighted by atomic mass is 35.5. The number of nitrogens with zero attached hydrogens (tertiary/aromatic N) is 1. The molecule has 0 saturated heterocycles. The standard InChI is InChI=1S/C17H13Cl2FN2/c1-10-17(14-7-4-12(18)9-15(14)19)22-16(21-10)8-11-2-5-13(20)6-3-11/h2-7,9H,8H2,1H3,(H,21,22). The number of rotatable bonds is 3. The third kappa shape index (κ3) is 3.16. The van der Waals surface area contributed by atoms with Crippen LogP contribution in [0.3, 0.4) is 0 Å². The predicted octanol–water partition coefficient (Wildman–Crippen LogP) is 5.42. The molecular formula is C17H13Cl2FN2. The first kappa shape index (κ1) is 15.1. The number of imidazole rings is 1. The summed E-state index contributed by atoms with van der Waals surface area (Å²) in [4.78, 5) is 7.86. The number of benzene rings is 2. The quantitative estimate of drug-likeness (QED) is 0.680. The normalized spacial score (nSPS) is 10.9. The lowest BCUT2D eigenvalue weighted by molar-refractivity contribution is 0.627. The van der Waals surface area contributed by atoms with E-state index in [0.29, 0.717) is 16.5 Å². The molecule has 5 heteroatoms. The van der Waals surface area contributed by atoms with Crippen molar-refractivity contribution in [1.29, 1.82) is 0 Å². The zero-order valence-electron chi connectivity index (χ0n) is 11.8. The van der Waals surface area contributed by atoms with Crippen molar-refractivity contribution in [2.45, 2.75) is 13.3 Å². The average Bonchev–Trinajstić information content (AvgIpc) is 2.82. The summed E-state index contributed by atoms with van der Waals surface area (Å²) < 4.78 is 12.9. The Kier molecular flexibility index (Phi) is 4.19. The van der Waals surface area contributed by atoms with Gasteiger partial charge in [-0.3, -0.25) is 0 Å². The summed E-state index contributed by atoms with van der Waals surface area (Å²) in [5, 5.41) is 1.16. The molecule has 3 rings (SSSR count). The minimum atomic E-state index is -0.243. The number of aromatic nitrogens is 2. The van der Waals surface area contributed by atoms with E-state index in [9.17, 15) is 4.39 Å². The highest BCUT2D eigenvalue weighted by Crippen LogP contribution is 2.31. The van der Waals surface area contributed by atoms with E-state index in [1.165, 1.54) is 12.1 Å². The fraction of sp³-hybridized carbons (Fsp3) is 0.118. The van der Waals surface area contributed by atoms with Crippen LogP contribution in [0.15, 0.2) is 42.5 Å². The summed E-state index contributed by atoms with van der Waals surface area (Å²) in [7, 11) is 0. The molecule has 0 bridgehead atoms. The van der Waals surface area contributed by atoms with Gasteiger partial charge in [0.05, 0.1) is 10.7 Å². The number of halogens is 3. The summed E-state index contributed by atoms with van der Waals surface area (Å²) in [5.74, 6) is 0.568. The molecule has 22 heavy (non-hydrogen) atoms. The fourth-order valence-corrected chi connectivity index (χ4v) is 2.84. The molecule has 112 valence electrons. The third-order valence-electron chi connectivity index (χ3n) is 3.40. The maximum atomic E-state index is 12.9. The van der Waals surface area contributed by atoms with Crippen molar-refractivity contribution in [3.05, 3.63) is 75.4 Å². The molecule has 2 aromatic carbocycles. The smallest absolute Gasteiger partial charge is 0.123 e. The highest BCUT2D eigenvalue weighted by molar-refractivity contribution is 6.36. The lowest BCUT2D eigenvalue weighted by atomic mass is 10.1. The molecule has 0 aliphatic heterocycles. The first-order valence-corrected chi connectivity index (χ1v) is 7.54. The van der Waals surface area contributed by atoms with Gasteiger partial charge in [0.1, 0.15) is 11.6 Å². The van der Waals surface area contributed by atoms with Crippen molar-refractivity contribution in [3.8, 4) is 11.3 Å². The molecule has 0 fully saturated rings. The molecule has 2 nitrogen and oxygen atoms in total. The van der Waals surface area contributed by atoms with Crippen LogP contribution in [-0.4, -0.2) is 9.97 Å². The predicted molar refractivity (Wildman–Crippen MR) is 88.0 cm³/mol. The molecule has 0 spiro atoms. The van der Waals surface area contributed by atoms with Gasteiger partial charge in [0.2, 0.25) is 0 Å². The van der Waals surface area contributed by atoms with Crippen molar-refractivity contribution in [2.75, 3.05) is 0 Å². The Hall–Kier alpha value is -1.84. The van der Waals surface area contributed by atoms with Gasteiger partial charge in [0.25, 0.3) is 0 Å². The van der Waals surface area contributed by atoms with Gasteiger partial charge in [-0.25, -0.2) is 9.37 Å². The molecule has 1 N–H and O–H groups in total. The molecule has 0 saturated carbocycles. The summed E-state index contributed by atoms with van der Waals surface area (Å²) in [6, 6.07) is 11.7. The second-order valence-corrected chi connectivity index (χ2v) is 5.93. The van der Waals surface area contributed by atoms with Gasteiger partial charge in [-0.05, 0) is 42.8 Å². The molecule has 0 unspecified atom stereocenters. The number of aromatic amines is 1. The van der Waals surface area contributed by atoms with Crippen LogP contribution >= 0.6 is 23.2 Å². The Labute approximate surface area is 137 Å². The molecule has 0 atom stereocenters. The molecule has 0 aliphatic carbocycles. The Morgan fingerprint density at radius 3 is 2.50 bits per heavy atom. The molecule has 0 amide bonds. The number of H-pyrrole nitrogens is 1. The van der Waals surface area contributed by atoms with E-state index in [2.05, 4.69) is 9.97 Å². The summed E-state index contributed by atoms with van der Waals surface area (Å²) >= 11 is 12.2. The van der Waals surface area contributed by atoms with Gasteiger partial charge < -0.3 is 4.98 Å². The number of nitrogens with one attached hydrogen (secondary N) is 1. The Morgan fingerprint density at radius 2 is 1.82 bits per heavy atom. The van der Waals surface area contributed by atoms with Crippen molar-refractivity contribution in [3.63, 3.8) is 0 Å². The summed E-state index contributed by atoms with van der Waals surface area (Å²) in [6.45, 7) is 1.95. The molecule has 0 radical (unpaired) electrons. The van der Waals surface area contributed by atoms with E-state index in [1.807, 2.05) is 13.0 Å². The van der Waals surface area contributed by atoms with Gasteiger partial charge in [0.15, 0.2) is 0 Å². The molecular weight excluding hydrogens is 322 g/mol. The highest BCUT2D eigenvalue weighted by Gasteiger charge is 2.12. The van der Waals surface area contributed by atoms with Crippen LogP contribution in [0.25, 0.3) is 11.3 Å². The van der Waals surface area contributed by atoms with Crippen LogP contribution in [0.5, 0.6) is 0 Å². The first-order valence-electron chi connectivity index (χ1n) is 6.78. The molecule has 0 aliphatic rings. The maximum Gasteiger partial charge on any atom is 0.123 e. The summed E-state index contributed by atoms with van der Waals surface area (Å²) in [5.41, 5.74) is 3.56. The Balaban J connectivity index is 1.92. The van der Waals surface area contributed by atoms with E-state index >= 15 is 0 Å². The maximum absolute atomic E-state index is 12.9. The van der Waals surface area contributed by atoms with Crippen molar-refractivity contribution in [2.24, 2.45) is 0 Å². The van der Waals surface area contributed by atoms with E-state index < -0.39 is 0 Å². The van der Waals surface area contributed by atoms with E-state index in [4.69, 9.17) is 23.2 Å². The monoisotopic (exact) mass is 334 g/mol. The van der Waals surface area contributed by atoms with Gasteiger partial charge in [0, 0.05) is 22.7 Å². The first-order chi connectivity index (χ1) is 10.5. The second kappa shape index (κ2) is 6.11. The van der Waals surface area contributed by atoms with Crippen LogP contribution < -0.4 is 0 Å². The average molecular weight is 335 g/mol. The van der Waals surface area contributed by atoms with Gasteiger partial charge in [-0.15, -0.1) is 0 Å². The van der Waals surface area contributed by atoms with Crippen LogP contribution in [0.4, 0.5) is 4.39 Å². The van der Waals surface area contributed by atoms with Crippen LogP contribution in [0, 0.1) is 12.7 Å². The second-order valence-electron chi connectivity index (χ2n) is 5.08. The minimum absolute atomic E-state index is 0.243. The number of aryl methyl sites for hydroxylation is 1. The Bertz CT molecular complexity index is 810. The topological polar surface area (TPSA) is 28.7 Å². The zero-order valence-corrected chi connectivity index (χ0v) is 13.3. The molecule has 1 aromatic heterocycles. The van der Waals surface area contributed by atoms with E-state index in [-0.39, 0.29) is 5.82 Å². The number of hydrogen-bond acceptors (Lipinski definition) is 1. The SMILES string of the molecule is Cc1[nH]c(Cc2ccc(F)cc2)nc1-c1ccc(Cl)cc1Cl. The summed E-state index contributed by atoms with van der Waals surface area (Å²) in [6.07, 6.45) is 0.604. The van der Waals surface area contributed by atoms with E-state index in [0.717, 1.165) is 28.3 Å². The van der Waals surface area contributed by atoms with Crippen LogP contribution in [0.2, 0.25) is 10.0 Å². The molecule has 1 heterocycles.